The van der Waals surface area contributed by atoms with Crippen LogP contribution in [0.5, 0.6) is 5.75 Å². The Morgan fingerprint density at radius 3 is 2.22 bits per heavy atom. The molecule has 3 aromatic rings. The molecule has 8 nitrogen and oxygen atoms in total. The van der Waals surface area contributed by atoms with Crippen molar-refractivity contribution in [1.82, 2.24) is 10.2 Å². The predicted octanol–water partition coefficient (Wildman–Crippen LogP) is 4.07. The summed E-state index contributed by atoms with van der Waals surface area (Å²) in [6.45, 7) is 1.31. The van der Waals surface area contributed by atoms with Crippen molar-refractivity contribution in [3.8, 4) is 5.75 Å². The van der Waals surface area contributed by atoms with E-state index < -0.39 is 17.5 Å². The van der Waals surface area contributed by atoms with Gasteiger partial charge in [0.05, 0.1) is 13.7 Å². The van der Waals surface area contributed by atoms with Crippen molar-refractivity contribution >= 4 is 29.3 Å². The maximum absolute atomic E-state index is 13.1. The second-order valence-electron chi connectivity index (χ2n) is 8.82. The van der Waals surface area contributed by atoms with Gasteiger partial charge in [0.25, 0.3) is 11.8 Å². The topological polar surface area (TPSA) is 105 Å². The fourth-order valence-corrected chi connectivity index (χ4v) is 4.01. The van der Waals surface area contributed by atoms with Crippen LogP contribution in [0, 0.1) is 0 Å². The second kappa shape index (κ2) is 10.4. The Bertz CT molecular complexity index is 1270. The first-order chi connectivity index (χ1) is 17.3. The summed E-state index contributed by atoms with van der Waals surface area (Å²) in [6.07, 6.45) is 0.967. The number of ether oxygens (including phenoxy) is 1. The van der Waals surface area contributed by atoms with Crippen molar-refractivity contribution in [2.24, 2.45) is 0 Å². The average molecular weight is 486 g/mol. The van der Waals surface area contributed by atoms with E-state index in [1.165, 1.54) is 0 Å². The van der Waals surface area contributed by atoms with Crippen molar-refractivity contribution in [3.63, 3.8) is 0 Å². The molecule has 0 spiro atoms. The zero-order valence-corrected chi connectivity index (χ0v) is 20.1. The second-order valence-corrected chi connectivity index (χ2v) is 8.82. The van der Waals surface area contributed by atoms with Crippen molar-refractivity contribution < 1.29 is 23.9 Å². The fraction of sp³-hybridized carbons (Fsp3) is 0.214. The number of hydrogen-bond donors (Lipinski definition) is 2. The van der Waals surface area contributed by atoms with Crippen LogP contribution < -0.4 is 15.4 Å². The Morgan fingerprint density at radius 1 is 0.917 bits per heavy atom. The number of ketones is 1. The standard InChI is InChI=1S/C28H27N3O5/c1-28(17-16-19-8-14-23(36-2)15-9-19)26(34)31(27(35)30-28)18-24(32)20-10-12-22(13-11-20)29-25(33)21-6-4-3-5-7-21/h3-15H,16-18H2,1-2H3,(H,29,33)(H,30,35)/t28-/m1/s1. The number of carbonyl (C=O) groups is 4. The van der Waals surface area contributed by atoms with Crippen LogP contribution in [-0.2, 0) is 11.2 Å². The van der Waals surface area contributed by atoms with Gasteiger partial charge in [0.2, 0.25) is 0 Å². The van der Waals surface area contributed by atoms with Gasteiger partial charge in [-0.3, -0.25) is 19.3 Å². The number of amides is 4. The van der Waals surface area contributed by atoms with Crippen LogP contribution in [0.2, 0.25) is 0 Å². The van der Waals surface area contributed by atoms with Crippen molar-refractivity contribution in [2.45, 2.75) is 25.3 Å². The lowest BCUT2D eigenvalue weighted by atomic mass is 9.93. The molecular formula is C28H27N3O5. The zero-order valence-electron chi connectivity index (χ0n) is 20.1. The lowest BCUT2D eigenvalue weighted by molar-refractivity contribution is -0.130. The fourth-order valence-electron chi connectivity index (χ4n) is 4.01. The Balaban J connectivity index is 1.35. The number of aryl methyl sites for hydroxylation is 1. The van der Waals surface area contributed by atoms with Crippen molar-refractivity contribution in [2.75, 3.05) is 19.0 Å². The molecule has 1 saturated heterocycles. The summed E-state index contributed by atoms with van der Waals surface area (Å²) >= 11 is 0. The molecule has 0 aliphatic carbocycles. The molecule has 0 radical (unpaired) electrons. The largest absolute Gasteiger partial charge is 0.497 e. The Morgan fingerprint density at radius 2 is 1.58 bits per heavy atom. The third-order valence-electron chi connectivity index (χ3n) is 6.22. The van der Waals surface area contributed by atoms with Crippen LogP contribution in [0.3, 0.4) is 0 Å². The van der Waals surface area contributed by atoms with Gasteiger partial charge in [-0.15, -0.1) is 0 Å². The van der Waals surface area contributed by atoms with Gasteiger partial charge in [0, 0.05) is 16.8 Å². The number of methoxy groups -OCH3 is 1. The molecule has 4 amide bonds. The summed E-state index contributed by atoms with van der Waals surface area (Å²) in [5, 5.41) is 5.51. The molecule has 1 heterocycles. The van der Waals surface area contributed by atoms with E-state index in [-0.39, 0.29) is 18.2 Å². The quantitative estimate of drug-likeness (QED) is 0.351. The van der Waals surface area contributed by atoms with E-state index in [4.69, 9.17) is 4.74 Å². The van der Waals surface area contributed by atoms with Gasteiger partial charge in [-0.2, -0.15) is 0 Å². The van der Waals surface area contributed by atoms with Crippen LogP contribution in [0.4, 0.5) is 10.5 Å². The number of Topliss-reactive ketones (excluding diaryl/α,β-unsaturated/α-hetero) is 1. The highest BCUT2D eigenvalue weighted by Crippen LogP contribution is 2.24. The molecule has 0 saturated carbocycles. The zero-order chi connectivity index (χ0) is 25.7. The third-order valence-corrected chi connectivity index (χ3v) is 6.22. The summed E-state index contributed by atoms with van der Waals surface area (Å²) in [6, 6.07) is 22.1. The first-order valence-electron chi connectivity index (χ1n) is 11.6. The number of hydrogen-bond acceptors (Lipinski definition) is 5. The smallest absolute Gasteiger partial charge is 0.325 e. The van der Waals surface area contributed by atoms with Crippen LogP contribution in [0.1, 0.15) is 39.6 Å². The number of urea groups is 1. The number of benzene rings is 3. The molecule has 1 aliphatic rings. The van der Waals surface area contributed by atoms with Gasteiger partial charge in [-0.25, -0.2) is 4.79 Å². The van der Waals surface area contributed by atoms with Gasteiger partial charge in [-0.05, 0) is 73.9 Å². The maximum Gasteiger partial charge on any atom is 0.325 e. The van der Waals surface area contributed by atoms with Gasteiger partial charge in [0.15, 0.2) is 5.78 Å². The summed E-state index contributed by atoms with van der Waals surface area (Å²) < 4.78 is 5.16. The van der Waals surface area contributed by atoms with Gasteiger partial charge in [0.1, 0.15) is 11.3 Å². The number of carbonyl (C=O) groups excluding carboxylic acids is 4. The third kappa shape index (κ3) is 5.43. The summed E-state index contributed by atoms with van der Waals surface area (Å²) in [5.74, 6) is -0.325. The summed E-state index contributed by atoms with van der Waals surface area (Å²) in [4.78, 5) is 51.7. The summed E-state index contributed by atoms with van der Waals surface area (Å²) in [5.41, 5.74) is 1.30. The monoisotopic (exact) mass is 485 g/mol. The lowest BCUT2D eigenvalue weighted by Crippen LogP contribution is -2.44. The number of imide groups is 1. The van der Waals surface area contributed by atoms with E-state index >= 15 is 0 Å². The number of nitrogens with one attached hydrogen (secondary N) is 2. The Hall–Kier alpha value is -4.46. The summed E-state index contributed by atoms with van der Waals surface area (Å²) in [7, 11) is 1.59. The molecule has 4 rings (SSSR count). The van der Waals surface area contributed by atoms with Crippen LogP contribution in [0.15, 0.2) is 78.9 Å². The average Bonchev–Trinajstić information content (AvgIpc) is 3.11. The molecule has 1 atom stereocenters. The Kier molecular flexibility index (Phi) is 7.15. The highest BCUT2D eigenvalue weighted by molar-refractivity contribution is 6.11. The van der Waals surface area contributed by atoms with E-state index in [1.54, 1.807) is 62.6 Å². The Labute approximate surface area is 209 Å². The van der Waals surface area contributed by atoms with E-state index in [0.717, 1.165) is 16.2 Å². The van der Waals surface area contributed by atoms with Crippen LogP contribution >= 0.6 is 0 Å². The normalized spacial score (nSPS) is 17.0. The van der Waals surface area contributed by atoms with E-state index in [0.29, 0.717) is 29.7 Å². The molecule has 1 fully saturated rings. The molecule has 0 bridgehead atoms. The molecule has 0 unspecified atom stereocenters. The molecule has 36 heavy (non-hydrogen) atoms. The van der Waals surface area contributed by atoms with Crippen molar-refractivity contribution in [1.29, 1.82) is 0 Å². The first kappa shape index (κ1) is 24.7. The molecule has 0 aromatic heterocycles. The number of anilines is 1. The van der Waals surface area contributed by atoms with Crippen LogP contribution in [-0.4, -0.2) is 47.7 Å². The predicted molar refractivity (Wildman–Crippen MR) is 135 cm³/mol. The molecular weight excluding hydrogens is 458 g/mol. The van der Waals surface area contributed by atoms with Gasteiger partial charge >= 0.3 is 6.03 Å². The molecule has 3 aromatic carbocycles. The minimum absolute atomic E-state index is 0.261. The van der Waals surface area contributed by atoms with E-state index in [9.17, 15) is 19.2 Å². The molecule has 8 heteroatoms. The number of nitrogens with zero attached hydrogens (tertiary/aromatic N) is 1. The highest BCUT2D eigenvalue weighted by atomic mass is 16.5. The highest BCUT2D eigenvalue weighted by Gasteiger charge is 2.47. The maximum atomic E-state index is 13.1. The minimum atomic E-state index is -1.09. The van der Waals surface area contributed by atoms with E-state index in [2.05, 4.69) is 10.6 Å². The van der Waals surface area contributed by atoms with Gasteiger partial charge in [-0.1, -0.05) is 30.3 Å². The lowest BCUT2D eigenvalue weighted by Gasteiger charge is -2.21. The first-order valence-corrected chi connectivity index (χ1v) is 11.6. The molecule has 1 aliphatic heterocycles. The molecule has 184 valence electrons. The number of rotatable bonds is 9. The SMILES string of the molecule is COc1ccc(CC[C@@]2(C)NC(=O)N(CC(=O)c3ccc(NC(=O)c4ccccc4)cc3)C2=O)cc1. The van der Waals surface area contributed by atoms with Gasteiger partial charge < -0.3 is 15.4 Å². The molecule has 2 N–H and O–H groups in total. The van der Waals surface area contributed by atoms with E-state index in [1.807, 2.05) is 30.3 Å². The van der Waals surface area contributed by atoms with Crippen LogP contribution in [0.25, 0.3) is 0 Å². The van der Waals surface area contributed by atoms with Crippen molar-refractivity contribution in [3.05, 3.63) is 95.6 Å². The minimum Gasteiger partial charge on any atom is -0.497 e.